The highest BCUT2D eigenvalue weighted by molar-refractivity contribution is 5.88. The normalized spacial score (nSPS) is 13.2. The number of carbonyl (C=O) groups excluding carboxylic acids is 1. The second-order valence-corrected chi connectivity index (χ2v) is 4.92. The Morgan fingerprint density at radius 2 is 1.90 bits per heavy atom. The van der Waals surface area contributed by atoms with Crippen molar-refractivity contribution in [2.24, 2.45) is 5.73 Å². The number of unbranched alkanes of at least 4 members (excludes halogenated alkanes) is 1. The Labute approximate surface area is 124 Å². The first-order valence-corrected chi connectivity index (χ1v) is 7.09. The smallest absolute Gasteiger partial charge is 0.326 e. The molecule has 0 aliphatic heterocycles. The number of carboxylic acid groups (broad SMARTS) is 1. The Hall–Kier alpha value is -2.08. The highest BCUT2D eigenvalue weighted by Crippen LogP contribution is 2.08. The number of aliphatic carboxylic acids is 1. The van der Waals surface area contributed by atoms with E-state index in [1.807, 2.05) is 30.3 Å². The van der Waals surface area contributed by atoms with Crippen molar-refractivity contribution >= 4 is 17.6 Å². The van der Waals surface area contributed by atoms with Gasteiger partial charge in [-0.25, -0.2) is 4.79 Å². The van der Waals surface area contributed by atoms with Crippen molar-refractivity contribution in [1.82, 2.24) is 5.32 Å². The molecule has 0 aromatic heterocycles. The molecule has 1 aromatic carbocycles. The molecule has 0 aliphatic rings. The second kappa shape index (κ2) is 8.97. The molecule has 0 spiro atoms. The molecule has 0 radical (unpaired) electrons. The van der Waals surface area contributed by atoms with Crippen LogP contribution in [0.1, 0.15) is 26.2 Å². The first kappa shape index (κ1) is 17.0. The van der Waals surface area contributed by atoms with Gasteiger partial charge >= 0.3 is 5.97 Å². The number of para-hydroxylation sites is 1. The van der Waals surface area contributed by atoms with Crippen LogP contribution in [0.2, 0.25) is 0 Å². The number of hydrogen-bond acceptors (Lipinski definition) is 4. The maximum Gasteiger partial charge on any atom is 0.326 e. The summed E-state index contributed by atoms with van der Waals surface area (Å²) in [5.41, 5.74) is 6.20. The molecular formula is C15H23N3O3. The first-order valence-electron chi connectivity index (χ1n) is 7.09. The SMILES string of the molecule is C[C@H](Nc1ccccc1)C(=O)N[C@@H](CCCCN)C(=O)O. The minimum absolute atomic E-state index is 0.334. The molecule has 0 heterocycles. The molecule has 0 fully saturated rings. The maximum atomic E-state index is 12.0. The highest BCUT2D eigenvalue weighted by Gasteiger charge is 2.22. The highest BCUT2D eigenvalue weighted by atomic mass is 16.4. The van der Waals surface area contributed by atoms with E-state index in [2.05, 4.69) is 10.6 Å². The van der Waals surface area contributed by atoms with Gasteiger partial charge in [-0.2, -0.15) is 0 Å². The summed E-state index contributed by atoms with van der Waals surface area (Å²) in [5.74, 6) is -1.36. The molecule has 1 amide bonds. The van der Waals surface area contributed by atoms with Crippen LogP contribution in [0.4, 0.5) is 5.69 Å². The van der Waals surface area contributed by atoms with E-state index < -0.39 is 18.1 Å². The predicted molar refractivity (Wildman–Crippen MR) is 82.0 cm³/mol. The number of nitrogens with one attached hydrogen (secondary N) is 2. The van der Waals surface area contributed by atoms with Gasteiger partial charge in [0.05, 0.1) is 0 Å². The summed E-state index contributed by atoms with van der Waals surface area (Å²) < 4.78 is 0. The van der Waals surface area contributed by atoms with E-state index in [4.69, 9.17) is 10.8 Å². The summed E-state index contributed by atoms with van der Waals surface area (Å²) in [6, 6.07) is 7.92. The van der Waals surface area contributed by atoms with Gasteiger partial charge in [0.25, 0.3) is 0 Å². The zero-order chi connectivity index (χ0) is 15.7. The van der Waals surface area contributed by atoms with E-state index in [1.165, 1.54) is 0 Å². The van der Waals surface area contributed by atoms with Gasteiger partial charge in [-0.05, 0) is 44.9 Å². The Kier molecular flexibility index (Phi) is 7.25. The summed E-state index contributed by atoms with van der Waals surface area (Å²) in [7, 11) is 0. The number of carboxylic acids is 1. The molecule has 0 saturated carbocycles. The van der Waals surface area contributed by atoms with Gasteiger partial charge in [0.15, 0.2) is 0 Å². The minimum atomic E-state index is -1.02. The maximum absolute atomic E-state index is 12.0. The fourth-order valence-corrected chi connectivity index (χ4v) is 1.90. The lowest BCUT2D eigenvalue weighted by Gasteiger charge is -2.19. The Bertz CT molecular complexity index is 451. The zero-order valence-corrected chi connectivity index (χ0v) is 12.2. The fraction of sp³-hybridized carbons (Fsp3) is 0.467. The van der Waals surface area contributed by atoms with Crippen LogP contribution in [0.15, 0.2) is 30.3 Å². The predicted octanol–water partition coefficient (Wildman–Crippen LogP) is 1.19. The third-order valence-electron chi connectivity index (χ3n) is 3.11. The summed E-state index contributed by atoms with van der Waals surface area (Å²) in [6.07, 6.45) is 1.81. The van der Waals surface area contributed by atoms with E-state index in [1.54, 1.807) is 6.92 Å². The van der Waals surface area contributed by atoms with Gasteiger partial charge in [-0.1, -0.05) is 18.2 Å². The number of rotatable bonds is 9. The van der Waals surface area contributed by atoms with Gasteiger partial charge in [-0.3, -0.25) is 4.79 Å². The topological polar surface area (TPSA) is 104 Å². The van der Waals surface area contributed by atoms with Crippen LogP contribution in [0.5, 0.6) is 0 Å². The van der Waals surface area contributed by atoms with Crippen molar-refractivity contribution < 1.29 is 14.7 Å². The van der Waals surface area contributed by atoms with Gasteiger partial charge in [0, 0.05) is 5.69 Å². The van der Waals surface area contributed by atoms with Crippen molar-refractivity contribution in [3.8, 4) is 0 Å². The second-order valence-electron chi connectivity index (χ2n) is 4.92. The molecule has 21 heavy (non-hydrogen) atoms. The minimum Gasteiger partial charge on any atom is -0.480 e. The van der Waals surface area contributed by atoms with Gasteiger partial charge in [0.1, 0.15) is 12.1 Å². The summed E-state index contributed by atoms with van der Waals surface area (Å²) in [5, 5.41) is 14.7. The molecule has 6 nitrogen and oxygen atoms in total. The molecule has 1 aromatic rings. The molecule has 5 N–H and O–H groups in total. The van der Waals surface area contributed by atoms with Crippen molar-refractivity contribution in [3.63, 3.8) is 0 Å². The van der Waals surface area contributed by atoms with Crippen LogP contribution in [-0.2, 0) is 9.59 Å². The van der Waals surface area contributed by atoms with E-state index in [-0.39, 0.29) is 5.91 Å². The van der Waals surface area contributed by atoms with Crippen LogP contribution < -0.4 is 16.4 Å². The van der Waals surface area contributed by atoms with Crippen LogP contribution in [0.3, 0.4) is 0 Å². The summed E-state index contributed by atoms with van der Waals surface area (Å²) >= 11 is 0. The fourth-order valence-electron chi connectivity index (χ4n) is 1.90. The number of benzene rings is 1. The average Bonchev–Trinajstić information content (AvgIpc) is 2.47. The monoisotopic (exact) mass is 293 g/mol. The van der Waals surface area contributed by atoms with Crippen LogP contribution in [0.25, 0.3) is 0 Å². The quantitative estimate of drug-likeness (QED) is 0.512. The first-order chi connectivity index (χ1) is 10.0. The zero-order valence-electron chi connectivity index (χ0n) is 12.2. The molecule has 0 saturated heterocycles. The molecule has 0 aliphatic carbocycles. The summed E-state index contributed by atoms with van der Waals surface area (Å²) in [4.78, 5) is 23.2. The van der Waals surface area contributed by atoms with Crippen molar-refractivity contribution in [3.05, 3.63) is 30.3 Å². The van der Waals surface area contributed by atoms with E-state index in [0.717, 1.165) is 12.1 Å². The van der Waals surface area contributed by atoms with Gasteiger partial charge < -0.3 is 21.5 Å². The van der Waals surface area contributed by atoms with E-state index >= 15 is 0 Å². The van der Waals surface area contributed by atoms with Crippen LogP contribution in [-0.4, -0.2) is 35.6 Å². The molecular weight excluding hydrogens is 270 g/mol. The van der Waals surface area contributed by atoms with Crippen molar-refractivity contribution in [1.29, 1.82) is 0 Å². The third-order valence-corrected chi connectivity index (χ3v) is 3.11. The van der Waals surface area contributed by atoms with Crippen molar-refractivity contribution in [2.45, 2.75) is 38.3 Å². The van der Waals surface area contributed by atoms with E-state index in [9.17, 15) is 9.59 Å². The number of nitrogens with two attached hydrogens (primary N) is 1. The number of amides is 1. The lowest BCUT2D eigenvalue weighted by molar-refractivity contribution is -0.142. The Morgan fingerprint density at radius 3 is 2.48 bits per heavy atom. The number of hydrogen-bond donors (Lipinski definition) is 4. The molecule has 6 heteroatoms. The molecule has 116 valence electrons. The molecule has 0 unspecified atom stereocenters. The van der Waals surface area contributed by atoms with E-state index in [0.29, 0.717) is 19.4 Å². The Morgan fingerprint density at radius 1 is 1.24 bits per heavy atom. The Balaban J connectivity index is 2.50. The van der Waals surface area contributed by atoms with Gasteiger partial charge in [0.2, 0.25) is 5.91 Å². The number of anilines is 1. The lowest BCUT2D eigenvalue weighted by atomic mass is 10.1. The standard InChI is InChI=1S/C15H23N3O3/c1-11(17-12-7-3-2-4-8-12)14(19)18-13(15(20)21)9-5-6-10-16/h2-4,7-8,11,13,17H,5-6,9-10,16H2,1H3,(H,18,19)(H,20,21)/t11-,13-/m0/s1. The lowest BCUT2D eigenvalue weighted by Crippen LogP contribution is -2.46. The van der Waals surface area contributed by atoms with Crippen LogP contribution in [0, 0.1) is 0 Å². The van der Waals surface area contributed by atoms with Gasteiger partial charge in [-0.15, -0.1) is 0 Å². The van der Waals surface area contributed by atoms with Crippen molar-refractivity contribution in [2.75, 3.05) is 11.9 Å². The molecule has 2 atom stereocenters. The summed E-state index contributed by atoms with van der Waals surface area (Å²) in [6.45, 7) is 2.22. The number of carbonyl (C=O) groups is 2. The third kappa shape index (κ3) is 6.27. The van der Waals surface area contributed by atoms with Crippen LogP contribution >= 0.6 is 0 Å². The molecule has 1 rings (SSSR count). The average molecular weight is 293 g/mol. The largest absolute Gasteiger partial charge is 0.480 e. The molecule has 0 bridgehead atoms.